The molecular weight excluding hydrogens is 508 g/mol. The van der Waals surface area contributed by atoms with E-state index in [-0.39, 0.29) is 33.2 Å². The van der Waals surface area contributed by atoms with Crippen molar-refractivity contribution in [2.24, 2.45) is 0 Å². The molecule has 0 radical (unpaired) electrons. The molecule has 0 aliphatic rings. The maximum Gasteiger partial charge on any atom is 0.418 e. The minimum Gasteiger partial charge on any atom is -0.321 e. The van der Waals surface area contributed by atoms with Gasteiger partial charge in [-0.1, -0.05) is 29.8 Å². The van der Waals surface area contributed by atoms with Gasteiger partial charge >= 0.3 is 12.4 Å². The highest BCUT2D eigenvalue weighted by Gasteiger charge is 2.36. The molecule has 0 saturated heterocycles. The highest BCUT2D eigenvalue weighted by Crippen LogP contribution is 2.42. The highest BCUT2D eigenvalue weighted by atomic mass is 35.5. The van der Waals surface area contributed by atoms with E-state index in [1.54, 1.807) is 0 Å². The van der Waals surface area contributed by atoms with Gasteiger partial charge in [0.15, 0.2) is 0 Å². The van der Waals surface area contributed by atoms with Crippen molar-refractivity contribution in [2.75, 3.05) is 5.32 Å². The number of halogens is 7. The van der Waals surface area contributed by atoms with Crippen molar-refractivity contribution in [1.82, 2.24) is 9.97 Å². The molecule has 4 aromatic rings. The summed E-state index contributed by atoms with van der Waals surface area (Å²) in [6.07, 6.45) is -7.03. The first kappa shape index (κ1) is 25.2. The van der Waals surface area contributed by atoms with Crippen LogP contribution in [0.1, 0.15) is 21.5 Å². The summed E-state index contributed by atoms with van der Waals surface area (Å²) in [7, 11) is 0. The van der Waals surface area contributed by atoms with E-state index in [1.807, 2.05) is 0 Å². The van der Waals surface area contributed by atoms with Crippen LogP contribution in [0.25, 0.3) is 22.5 Å². The summed E-state index contributed by atoms with van der Waals surface area (Å²) in [6, 6.07) is 13.2. The average molecular weight is 522 g/mol. The summed E-state index contributed by atoms with van der Waals surface area (Å²) in [6.45, 7) is 0. The Morgan fingerprint density at radius 3 is 2.03 bits per heavy atom. The molecule has 1 amide bonds. The smallest absolute Gasteiger partial charge is 0.321 e. The number of carbonyl (C=O) groups is 1. The van der Waals surface area contributed by atoms with Gasteiger partial charge in [0.05, 0.1) is 33.2 Å². The molecule has 0 aliphatic heterocycles. The summed E-state index contributed by atoms with van der Waals surface area (Å²) >= 11 is 6.11. The van der Waals surface area contributed by atoms with E-state index in [2.05, 4.69) is 15.3 Å². The molecular formula is C25H14ClF6N3O. The van der Waals surface area contributed by atoms with E-state index in [4.69, 9.17) is 11.6 Å². The summed E-state index contributed by atoms with van der Waals surface area (Å²) in [5.74, 6) is -0.853. The van der Waals surface area contributed by atoms with Gasteiger partial charge in [0, 0.05) is 29.1 Å². The van der Waals surface area contributed by atoms with Gasteiger partial charge in [-0.2, -0.15) is 26.3 Å². The lowest BCUT2D eigenvalue weighted by molar-refractivity contribution is -0.138. The number of nitrogens with one attached hydrogen (secondary N) is 1. The first-order chi connectivity index (χ1) is 17.0. The number of alkyl halides is 6. The van der Waals surface area contributed by atoms with E-state index in [0.29, 0.717) is 0 Å². The van der Waals surface area contributed by atoms with Crippen LogP contribution in [0.4, 0.5) is 32.0 Å². The normalized spacial score (nSPS) is 11.9. The molecule has 0 spiro atoms. The van der Waals surface area contributed by atoms with E-state index in [1.165, 1.54) is 54.9 Å². The van der Waals surface area contributed by atoms with Crippen LogP contribution in [0.2, 0.25) is 5.02 Å². The highest BCUT2D eigenvalue weighted by molar-refractivity contribution is 6.33. The topological polar surface area (TPSA) is 54.9 Å². The molecule has 0 atom stereocenters. The molecule has 0 unspecified atom stereocenters. The molecule has 11 heteroatoms. The quantitative estimate of drug-likeness (QED) is 0.279. The van der Waals surface area contributed by atoms with Gasteiger partial charge in [-0.05, 0) is 48.5 Å². The maximum atomic E-state index is 13.8. The number of anilines is 1. The molecule has 4 nitrogen and oxygen atoms in total. The number of rotatable bonds is 4. The minimum absolute atomic E-state index is 0.00705. The van der Waals surface area contributed by atoms with Gasteiger partial charge in [-0.3, -0.25) is 14.8 Å². The number of amides is 1. The lowest BCUT2D eigenvalue weighted by Gasteiger charge is -2.18. The first-order valence-corrected chi connectivity index (χ1v) is 10.6. The Labute approximate surface area is 205 Å². The number of carbonyl (C=O) groups excluding carboxylic acids is 1. The van der Waals surface area contributed by atoms with Crippen LogP contribution < -0.4 is 5.32 Å². The van der Waals surface area contributed by atoms with Crippen molar-refractivity contribution in [3.05, 3.63) is 101 Å². The van der Waals surface area contributed by atoms with Gasteiger partial charge in [-0.25, -0.2) is 0 Å². The Morgan fingerprint density at radius 2 is 1.36 bits per heavy atom. The van der Waals surface area contributed by atoms with Gasteiger partial charge in [0.2, 0.25) is 0 Å². The molecule has 2 heterocycles. The molecule has 1 N–H and O–H groups in total. The van der Waals surface area contributed by atoms with Crippen molar-refractivity contribution in [3.63, 3.8) is 0 Å². The number of nitrogens with zero attached hydrogens (tertiary/aromatic N) is 2. The van der Waals surface area contributed by atoms with E-state index in [9.17, 15) is 31.1 Å². The number of pyridine rings is 2. The fourth-order valence-electron chi connectivity index (χ4n) is 3.58. The second-order valence-corrected chi connectivity index (χ2v) is 7.90. The summed E-state index contributed by atoms with van der Waals surface area (Å²) in [5.41, 5.74) is -3.40. The van der Waals surface area contributed by atoms with Crippen LogP contribution in [-0.4, -0.2) is 15.9 Å². The van der Waals surface area contributed by atoms with Crippen LogP contribution in [-0.2, 0) is 12.4 Å². The predicted molar refractivity (Wildman–Crippen MR) is 122 cm³/mol. The Hall–Kier alpha value is -3.92. The fourth-order valence-corrected chi connectivity index (χ4v) is 3.80. The standard InChI is InChI=1S/C25H14ClF6N3O/c26-18-9-4-12-34-22(18)20-16(24(27,28)29)7-2-10-19(20)35-23(36)15-6-1-5-14(13-15)21-17(25(30,31)32)8-3-11-33-21/h1-13H,(H,35,36). The second-order valence-electron chi connectivity index (χ2n) is 7.49. The van der Waals surface area contributed by atoms with Crippen LogP contribution in [0, 0.1) is 0 Å². The van der Waals surface area contributed by atoms with E-state index in [0.717, 1.165) is 24.3 Å². The van der Waals surface area contributed by atoms with Crippen molar-refractivity contribution >= 4 is 23.2 Å². The SMILES string of the molecule is O=C(Nc1cccc(C(F)(F)F)c1-c1ncccc1Cl)c1cccc(-c2ncccc2C(F)(F)F)c1. The molecule has 4 rings (SSSR count). The van der Waals surface area contributed by atoms with E-state index >= 15 is 0 Å². The van der Waals surface area contributed by atoms with Gasteiger partial charge < -0.3 is 5.32 Å². The summed E-state index contributed by atoms with van der Waals surface area (Å²) < 4.78 is 81.7. The molecule has 2 aromatic heterocycles. The zero-order chi connectivity index (χ0) is 26.1. The molecule has 2 aromatic carbocycles. The van der Waals surface area contributed by atoms with Gasteiger partial charge in [0.25, 0.3) is 5.91 Å². The number of hydrogen-bond donors (Lipinski definition) is 1. The third-order valence-corrected chi connectivity index (χ3v) is 5.43. The maximum absolute atomic E-state index is 13.8. The van der Waals surface area contributed by atoms with Crippen LogP contribution in [0.3, 0.4) is 0 Å². The third kappa shape index (κ3) is 5.18. The van der Waals surface area contributed by atoms with Crippen molar-refractivity contribution < 1.29 is 31.1 Å². The predicted octanol–water partition coefficient (Wildman–Crippen LogP) is 7.75. The zero-order valence-electron chi connectivity index (χ0n) is 18.0. The third-order valence-electron chi connectivity index (χ3n) is 5.12. The lowest BCUT2D eigenvalue weighted by Crippen LogP contribution is -2.16. The molecule has 184 valence electrons. The van der Waals surface area contributed by atoms with Gasteiger partial charge in [-0.15, -0.1) is 0 Å². The van der Waals surface area contributed by atoms with Crippen LogP contribution in [0.5, 0.6) is 0 Å². The summed E-state index contributed by atoms with van der Waals surface area (Å²) in [4.78, 5) is 20.8. The zero-order valence-corrected chi connectivity index (χ0v) is 18.7. The van der Waals surface area contributed by atoms with E-state index < -0.39 is 35.0 Å². The molecule has 0 saturated carbocycles. The molecule has 36 heavy (non-hydrogen) atoms. The largest absolute Gasteiger partial charge is 0.418 e. The molecule has 0 fully saturated rings. The summed E-state index contributed by atoms with van der Waals surface area (Å²) in [5, 5.41) is 2.34. The lowest BCUT2D eigenvalue weighted by atomic mass is 10.00. The number of aromatic nitrogens is 2. The molecule has 0 bridgehead atoms. The van der Waals surface area contributed by atoms with Crippen molar-refractivity contribution in [3.8, 4) is 22.5 Å². The Balaban J connectivity index is 1.77. The first-order valence-electron chi connectivity index (χ1n) is 10.2. The number of benzene rings is 2. The fraction of sp³-hybridized carbons (Fsp3) is 0.0800. The molecule has 0 aliphatic carbocycles. The van der Waals surface area contributed by atoms with Gasteiger partial charge in [0.1, 0.15) is 0 Å². The Morgan fingerprint density at radius 1 is 0.750 bits per heavy atom. The Kier molecular flexibility index (Phi) is 6.73. The number of hydrogen-bond acceptors (Lipinski definition) is 3. The van der Waals surface area contributed by atoms with Crippen LogP contribution >= 0.6 is 11.6 Å². The van der Waals surface area contributed by atoms with Crippen molar-refractivity contribution in [2.45, 2.75) is 12.4 Å². The second kappa shape index (κ2) is 9.62. The van der Waals surface area contributed by atoms with Crippen molar-refractivity contribution in [1.29, 1.82) is 0 Å². The van der Waals surface area contributed by atoms with Crippen LogP contribution in [0.15, 0.2) is 79.1 Å². The average Bonchev–Trinajstić information content (AvgIpc) is 2.83. The minimum atomic E-state index is -4.79. The monoisotopic (exact) mass is 521 g/mol. The Bertz CT molecular complexity index is 1440.